The van der Waals surface area contributed by atoms with Crippen LogP contribution >= 0.6 is 0 Å². The second kappa shape index (κ2) is 14.6. The molecule has 0 aliphatic rings. The third-order valence-electron chi connectivity index (χ3n) is 10.9. The summed E-state index contributed by atoms with van der Waals surface area (Å²) in [7, 11) is 0. The van der Waals surface area contributed by atoms with Crippen molar-refractivity contribution in [2.24, 2.45) is 0 Å². The first-order valence-corrected chi connectivity index (χ1v) is 19.3. The number of phenolic OH excluding ortho intramolecular Hbond substituents is 1. The number of imidazole rings is 1. The summed E-state index contributed by atoms with van der Waals surface area (Å²) in [5.41, 5.74) is 12.8. The second-order valence-corrected chi connectivity index (χ2v) is 16.8. The van der Waals surface area contributed by atoms with Crippen molar-refractivity contribution in [1.29, 1.82) is 0 Å². The van der Waals surface area contributed by atoms with E-state index in [1.807, 2.05) is 36.5 Å². The van der Waals surface area contributed by atoms with E-state index in [1.165, 1.54) is 11.1 Å². The maximum absolute atomic E-state index is 11.5. The van der Waals surface area contributed by atoms with Crippen LogP contribution in [0.1, 0.15) is 52.7 Å². The molecule has 2 heterocycles. The quantitative estimate of drug-likeness (QED) is 0.175. The molecule has 9 aromatic rings. The van der Waals surface area contributed by atoms with Gasteiger partial charge in [-0.1, -0.05) is 144 Å². The van der Waals surface area contributed by atoms with Gasteiger partial charge in [0.2, 0.25) is 0 Å². The number of phenols is 1. The van der Waals surface area contributed by atoms with Gasteiger partial charge in [-0.3, -0.25) is 9.97 Å². The van der Waals surface area contributed by atoms with Gasteiger partial charge in [0, 0.05) is 55.2 Å². The molecular weight excluding hydrogens is 878 g/mol. The molecule has 2 aromatic heterocycles. The molecule has 0 unspecified atom stereocenters. The summed E-state index contributed by atoms with van der Waals surface area (Å²) in [5, 5.41) is 14.7. The largest absolute Gasteiger partial charge is 0.507 e. The summed E-state index contributed by atoms with van der Waals surface area (Å²) in [6, 6.07) is 54.5. The zero-order valence-corrected chi connectivity index (χ0v) is 35.3. The molecule has 0 bridgehead atoms. The summed E-state index contributed by atoms with van der Waals surface area (Å²) in [6.45, 7) is 13.5. The first-order chi connectivity index (χ1) is 26.9. The van der Waals surface area contributed by atoms with Gasteiger partial charge in [-0.2, -0.15) is 0 Å². The number of nitrogens with zero attached hydrogens (tertiary/aromatic N) is 3. The molecule has 0 radical (unpaired) electrons. The first-order valence-electron chi connectivity index (χ1n) is 19.3. The minimum Gasteiger partial charge on any atom is -0.507 e. The van der Waals surface area contributed by atoms with Crippen LogP contribution in [0.4, 0.5) is 0 Å². The van der Waals surface area contributed by atoms with Gasteiger partial charge in [0.1, 0.15) is 5.75 Å². The van der Waals surface area contributed by atoms with Crippen LogP contribution in [0.2, 0.25) is 0 Å². The van der Waals surface area contributed by atoms with E-state index in [2.05, 4.69) is 167 Å². The summed E-state index contributed by atoms with van der Waals surface area (Å²) < 4.78 is 2.28. The Labute approximate surface area is 349 Å². The fourth-order valence-electron chi connectivity index (χ4n) is 7.82. The molecule has 0 saturated carbocycles. The van der Waals surface area contributed by atoms with Crippen molar-refractivity contribution in [2.45, 2.75) is 52.4 Å². The summed E-state index contributed by atoms with van der Waals surface area (Å²) in [4.78, 5) is 10.4. The molecule has 7 aromatic carbocycles. The number of aromatic nitrogens is 3. The number of fused-ring (bicyclic) bond motifs is 3. The van der Waals surface area contributed by atoms with Crippen molar-refractivity contribution in [3.8, 4) is 56.2 Å². The fourth-order valence-corrected chi connectivity index (χ4v) is 7.82. The summed E-state index contributed by atoms with van der Waals surface area (Å²) in [5.74, 6) is 0.984. The van der Waals surface area contributed by atoms with Crippen molar-refractivity contribution in [3.63, 3.8) is 0 Å². The Kier molecular flexibility index (Phi) is 9.74. The minimum absolute atomic E-state index is 0. The number of para-hydroxylation sites is 1. The molecule has 284 valence electrons. The van der Waals surface area contributed by atoms with Crippen molar-refractivity contribution >= 4 is 32.7 Å². The Hall–Kier alpha value is -5.83. The van der Waals surface area contributed by atoms with Gasteiger partial charge in [-0.25, -0.2) is 0 Å². The smallest absolute Gasteiger partial charge is 0.124 e. The monoisotopic (exact) mass is 921 g/mol. The topological polar surface area (TPSA) is 50.9 Å². The molecular formula is C52H44N3OPt-. The number of hydrogen-bond acceptors (Lipinski definition) is 3. The van der Waals surface area contributed by atoms with Crippen LogP contribution in [0.15, 0.2) is 152 Å². The normalized spacial score (nSPS) is 12.0. The standard InChI is InChI=1S/C52H44N3O.Pt/c1-51(2,3)39-24-25-45(42(31-39)33-15-8-7-9-16-33)55-46-23-13-22-41(44-29-34-17-10-11-18-35(34)30-47(44)56)49(46)54-50(55)38-20-12-19-36(27-38)43-32-40(52(4,5)6)28-37-21-14-26-53-48(37)43;/h7-26,28-32,56H,1-6H3;/q-1;. The molecule has 0 atom stereocenters. The Bertz CT molecular complexity index is 2950. The van der Waals surface area contributed by atoms with Crippen LogP contribution in [0, 0.1) is 6.07 Å². The Morgan fingerprint density at radius 3 is 1.95 bits per heavy atom. The molecule has 4 nitrogen and oxygen atoms in total. The number of rotatable bonds is 5. The van der Waals surface area contributed by atoms with E-state index < -0.39 is 0 Å². The van der Waals surface area contributed by atoms with Crippen molar-refractivity contribution in [3.05, 3.63) is 169 Å². The summed E-state index contributed by atoms with van der Waals surface area (Å²) in [6.07, 6.45) is 1.86. The molecule has 0 aliphatic heterocycles. The Morgan fingerprint density at radius 2 is 1.19 bits per heavy atom. The van der Waals surface area contributed by atoms with E-state index in [9.17, 15) is 5.11 Å². The van der Waals surface area contributed by atoms with Gasteiger partial charge in [-0.05, 0) is 80.1 Å². The molecule has 5 heteroatoms. The van der Waals surface area contributed by atoms with Crippen LogP contribution < -0.4 is 0 Å². The van der Waals surface area contributed by atoms with Crippen LogP contribution in [0.5, 0.6) is 5.75 Å². The average Bonchev–Trinajstić information content (AvgIpc) is 3.59. The third-order valence-corrected chi connectivity index (χ3v) is 10.9. The van der Waals surface area contributed by atoms with E-state index in [0.717, 1.165) is 83.2 Å². The van der Waals surface area contributed by atoms with Gasteiger partial charge in [0.25, 0.3) is 0 Å². The Morgan fingerprint density at radius 1 is 0.526 bits per heavy atom. The molecule has 9 rings (SSSR count). The predicted molar refractivity (Wildman–Crippen MR) is 234 cm³/mol. The van der Waals surface area contributed by atoms with Crippen molar-refractivity contribution in [1.82, 2.24) is 14.5 Å². The first kappa shape index (κ1) is 38.1. The maximum Gasteiger partial charge on any atom is 0.124 e. The van der Waals surface area contributed by atoms with Gasteiger partial charge in [-0.15, -0.1) is 29.8 Å². The minimum atomic E-state index is -0.0534. The number of pyridine rings is 1. The predicted octanol–water partition coefficient (Wildman–Crippen LogP) is 13.5. The van der Waals surface area contributed by atoms with Crippen molar-refractivity contribution < 1.29 is 26.2 Å². The van der Waals surface area contributed by atoms with Gasteiger partial charge >= 0.3 is 0 Å². The summed E-state index contributed by atoms with van der Waals surface area (Å²) >= 11 is 0. The number of hydrogen-bond donors (Lipinski definition) is 1. The SMILES string of the molecule is CC(C)(C)c1ccc(-n2c(-c3[c-]c(-c4cc(C(C)(C)C)cc5cccnc45)ccc3)nc3c(-c4cc5ccccc5cc4O)cccc32)c(-c2ccccc2)c1.[Pt]. The van der Waals surface area contributed by atoms with E-state index in [4.69, 9.17) is 9.97 Å². The molecule has 57 heavy (non-hydrogen) atoms. The van der Waals surface area contributed by atoms with E-state index in [0.29, 0.717) is 0 Å². The molecule has 0 spiro atoms. The zero-order chi connectivity index (χ0) is 38.8. The maximum atomic E-state index is 11.5. The number of aromatic hydroxyl groups is 1. The van der Waals surface area contributed by atoms with Crippen LogP contribution in [0.25, 0.3) is 83.2 Å². The third kappa shape index (κ3) is 6.98. The molecule has 1 N–H and O–H groups in total. The average molecular weight is 922 g/mol. The Balaban J connectivity index is 0.00000455. The molecule has 0 saturated heterocycles. The van der Waals surface area contributed by atoms with Gasteiger partial charge in [0.15, 0.2) is 0 Å². The fraction of sp³-hybridized carbons (Fsp3) is 0.154. The van der Waals surface area contributed by atoms with Crippen LogP contribution in [-0.4, -0.2) is 19.6 Å². The van der Waals surface area contributed by atoms with Gasteiger partial charge < -0.3 is 9.67 Å². The van der Waals surface area contributed by atoms with E-state index in [-0.39, 0.29) is 37.6 Å². The zero-order valence-electron chi connectivity index (χ0n) is 33.0. The second-order valence-electron chi connectivity index (χ2n) is 16.8. The molecule has 0 amide bonds. The molecule has 0 fully saturated rings. The van der Waals surface area contributed by atoms with Gasteiger partial charge in [0.05, 0.1) is 16.9 Å². The van der Waals surface area contributed by atoms with Crippen molar-refractivity contribution in [2.75, 3.05) is 0 Å². The van der Waals surface area contributed by atoms with Crippen LogP contribution in [-0.2, 0) is 31.9 Å². The number of benzene rings is 7. The van der Waals surface area contributed by atoms with E-state index >= 15 is 0 Å². The van der Waals surface area contributed by atoms with Crippen LogP contribution in [0.3, 0.4) is 0 Å². The van der Waals surface area contributed by atoms with E-state index in [1.54, 1.807) is 0 Å². The molecule has 0 aliphatic carbocycles.